The van der Waals surface area contributed by atoms with Crippen molar-refractivity contribution < 1.29 is 19.4 Å². The maximum atomic E-state index is 13.7. The van der Waals surface area contributed by atoms with E-state index in [1.165, 1.54) is 17.4 Å². The Morgan fingerprint density at radius 3 is 2.64 bits per heavy atom. The summed E-state index contributed by atoms with van der Waals surface area (Å²) >= 11 is 0. The summed E-state index contributed by atoms with van der Waals surface area (Å²) in [5.74, 6) is 0.500. The van der Waals surface area contributed by atoms with Crippen molar-refractivity contribution in [2.75, 3.05) is 36.9 Å². The number of benzene rings is 1. The van der Waals surface area contributed by atoms with E-state index in [1.54, 1.807) is 6.20 Å². The zero-order chi connectivity index (χ0) is 29.2. The predicted octanol–water partition coefficient (Wildman–Crippen LogP) is 2.99. The van der Waals surface area contributed by atoms with Gasteiger partial charge in [-0.25, -0.2) is 9.50 Å². The third-order valence-electron chi connectivity index (χ3n) is 9.60. The molecule has 3 aromatic rings. The largest absolute Gasteiger partial charge is 0.390 e. The molecule has 2 saturated carbocycles. The summed E-state index contributed by atoms with van der Waals surface area (Å²) in [5, 5.41) is 17.7. The summed E-state index contributed by atoms with van der Waals surface area (Å²) in [6.07, 6.45) is 6.80. The molecular formula is C31H39N7O4. The van der Waals surface area contributed by atoms with Crippen LogP contribution in [0.15, 0.2) is 24.4 Å². The molecule has 1 atom stereocenters. The highest BCUT2D eigenvalue weighted by molar-refractivity contribution is 6.06. The minimum Gasteiger partial charge on any atom is -0.390 e. The van der Waals surface area contributed by atoms with E-state index < -0.39 is 5.60 Å². The van der Waals surface area contributed by atoms with Gasteiger partial charge in [0.05, 0.1) is 35.8 Å². The number of rotatable bonds is 6. The Morgan fingerprint density at radius 2 is 1.93 bits per heavy atom. The van der Waals surface area contributed by atoms with Crippen LogP contribution in [-0.4, -0.2) is 80.4 Å². The highest BCUT2D eigenvalue weighted by Crippen LogP contribution is 2.42. The Morgan fingerprint density at radius 1 is 1.19 bits per heavy atom. The molecule has 1 saturated heterocycles. The van der Waals surface area contributed by atoms with Gasteiger partial charge in [-0.15, -0.1) is 5.10 Å². The summed E-state index contributed by atoms with van der Waals surface area (Å²) in [5.41, 5.74) is 10.5. The Hall–Kier alpha value is -3.70. The van der Waals surface area contributed by atoms with Crippen LogP contribution in [0.5, 0.6) is 0 Å². The molecule has 11 heteroatoms. The summed E-state index contributed by atoms with van der Waals surface area (Å²) in [6.45, 7) is 7.25. The maximum Gasteiger partial charge on any atom is 0.259 e. The van der Waals surface area contributed by atoms with Crippen LogP contribution >= 0.6 is 0 Å². The van der Waals surface area contributed by atoms with Crippen molar-refractivity contribution in [2.45, 2.75) is 76.6 Å². The van der Waals surface area contributed by atoms with E-state index in [1.807, 2.05) is 17.9 Å². The summed E-state index contributed by atoms with van der Waals surface area (Å²) in [6, 6.07) is 6.17. The number of morpholine rings is 1. The van der Waals surface area contributed by atoms with Crippen molar-refractivity contribution in [3.8, 4) is 11.3 Å². The van der Waals surface area contributed by atoms with Crippen LogP contribution in [0.1, 0.15) is 78.7 Å². The van der Waals surface area contributed by atoms with Gasteiger partial charge in [0, 0.05) is 43.5 Å². The molecule has 2 amide bonds. The normalized spacial score (nSPS) is 25.1. The maximum absolute atomic E-state index is 13.7. The molecule has 1 unspecified atom stereocenters. The molecule has 222 valence electrons. The Balaban J connectivity index is 1.24. The number of nitrogens with two attached hydrogens (primary N) is 1. The molecule has 4 N–H and O–H groups in total. The van der Waals surface area contributed by atoms with E-state index >= 15 is 0 Å². The highest BCUT2D eigenvalue weighted by Gasteiger charge is 2.40. The number of nitrogen functional groups attached to an aromatic ring is 1. The second kappa shape index (κ2) is 10.2. The first-order valence-electron chi connectivity index (χ1n) is 15.2. The average Bonchev–Trinajstić information content (AvgIpc) is 3.70. The lowest BCUT2D eigenvalue weighted by atomic mass is 9.83. The molecule has 4 aliphatic rings. The molecule has 0 radical (unpaired) electrons. The fourth-order valence-corrected chi connectivity index (χ4v) is 6.79. The molecule has 2 aliphatic carbocycles. The number of ether oxygens (including phenoxy) is 1. The van der Waals surface area contributed by atoms with Crippen LogP contribution in [0.2, 0.25) is 0 Å². The SMILES string of the molecule is CC(C1CC1)N1Cc2cc(-c3ccn4nc(N)c(C(=O)NC5CCC(C)(O)CC5)c4n3)cc(N3CCOCC3)c2C1=O. The quantitative estimate of drug-likeness (QED) is 0.409. The Bertz CT molecular complexity index is 1550. The number of aliphatic hydroxyl groups is 1. The molecule has 2 aromatic heterocycles. The number of aromatic nitrogens is 3. The lowest BCUT2D eigenvalue weighted by Gasteiger charge is -2.33. The van der Waals surface area contributed by atoms with E-state index in [0.29, 0.717) is 75.8 Å². The van der Waals surface area contributed by atoms with E-state index in [2.05, 4.69) is 34.4 Å². The summed E-state index contributed by atoms with van der Waals surface area (Å²) in [7, 11) is 0. The summed E-state index contributed by atoms with van der Waals surface area (Å²) in [4.78, 5) is 36.3. The number of nitrogens with one attached hydrogen (secondary N) is 1. The van der Waals surface area contributed by atoms with Gasteiger partial charge in [-0.1, -0.05) is 0 Å². The molecule has 42 heavy (non-hydrogen) atoms. The molecule has 0 bridgehead atoms. The Kier molecular flexibility index (Phi) is 6.62. The predicted molar refractivity (Wildman–Crippen MR) is 158 cm³/mol. The van der Waals surface area contributed by atoms with Gasteiger partial charge in [0.15, 0.2) is 11.5 Å². The molecule has 11 nitrogen and oxygen atoms in total. The van der Waals surface area contributed by atoms with Crippen LogP contribution in [0.4, 0.5) is 11.5 Å². The molecule has 2 aliphatic heterocycles. The number of carbonyl (C=O) groups is 2. The van der Waals surface area contributed by atoms with Gasteiger partial charge >= 0.3 is 0 Å². The number of nitrogens with zero attached hydrogens (tertiary/aromatic N) is 5. The van der Waals surface area contributed by atoms with Crippen LogP contribution in [0.3, 0.4) is 0 Å². The second-order valence-corrected chi connectivity index (χ2v) is 12.7. The van der Waals surface area contributed by atoms with E-state index in [0.717, 1.165) is 22.4 Å². The van der Waals surface area contributed by atoms with E-state index in [4.69, 9.17) is 15.5 Å². The molecule has 3 fully saturated rings. The van der Waals surface area contributed by atoms with Gasteiger partial charge < -0.3 is 30.7 Å². The number of hydrogen-bond donors (Lipinski definition) is 3. The Labute approximate surface area is 245 Å². The van der Waals surface area contributed by atoms with Gasteiger partial charge in [-0.2, -0.15) is 0 Å². The van der Waals surface area contributed by atoms with Crippen molar-refractivity contribution in [2.24, 2.45) is 5.92 Å². The first kappa shape index (κ1) is 27.2. The lowest BCUT2D eigenvalue weighted by molar-refractivity contribution is 0.0140. The smallest absolute Gasteiger partial charge is 0.259 e. The minimum absolute atomic E-state index is 0.0402. The number of hydrogen-bond acceptors (Lipinski definition) is 8. The van der Waals surface area contributed by atoms with Crippen LogP contribution in [0, 0.1) is 5.92 Å². The second-order valence-electron chi connectivity index (χ2n) is 12.7. The zero-order valence-electron chi connectivity index (χ0n) is 24.3. The monoisotopic (exact) mass is 573 g/mol. The number of carbonyl (C=O) groups excluding carboxylic acids is 2. The lowest BCUT2D eigenvalue weighted by Crippen LogP contribution is -2.42. The van der Waals surface area contributed by atoms with Crippen LogP contribution < -0.4 is 16.0 Å². The van der Waals surface area contributed by atoms with Crippen molar-refractivity contribution in [1.82, 2.24) is 24.8 Å². The van der Waals surface area contributed by atoms with Crippen molar-refractivity contribution in [3.63, 3.8) is 0 Å². The topological polar surface area (TPSA) is 138 Å². The molecule has 4 heterocycles. The molecule has 1 aromatic carbocycles. The standard InChI is InChI=1S/C31H39N7O4/c1-18(19-3-4-19)37-17-21-15-20(16-24(25(21)30(37)40)36-11-13-42-14-12-36)23-7-10-38-28(34-23)26(27(32)35-38)29(39)33-22-5-8-31(2,41)9-6-22/h7,10,15-16,18-19,22,41H,3-6,8-9,11-14,17H2,1-2H3,(H2,32,35)(H,33,39). The fourth-order valence-electron chi connectivity index (χ4n) is 6.79. The first-order valence-corrected chi connectivity index (χ1v) is 15.2. The third kappa shape index (κ3) is 4.88. The van der Waals surface area contributed by atoms with Gasteiger partial charge in [-0.3, -0.25) is 9.59 Å². The van der Waals surface area contributed by atoms with Crippen LogP contribution in [-0.2, 0) is 11.3 Å². The van der Waals surface area contributed by atoms with Gasteiger partial charge in [0.2, 0.25) is 0 Å². The van der Waals surface area contributed by atoms with Crippen molar-refractivity contribution >= 4 is 29.0 Å². The minimum atomic E-state index is -0.686. The van der Waals surface area contributed by atoms with Crippen LogP contribution in [0.25, 0.3) is 16.9 Å². The summed E-state index contributed by atoms with van der Waals surface area (Å²) < 4.78 is 7.15. The number of amides is 2. The van der Waals surface area contributed by atoms with Crippen molar-refractivity contribution in [1.29, 1.82) is 0 Å². The van der Waals surface area contributed by atoms with Gasteiger partial charge in [0.25, 0.3) is 11.8 Å². The molecule has 7 rings (SSSR count). The van der Waals surface area contributed by atoms with Gasteiger partial charge in [-0.05, 0) is 82.1 Å². The average molecular weight is 574 g/mol. The van der Waals surface area contributed by atoms with E-state index in [-0.39, 0.29) is 35.3 Å². The van der Waals surface area contributed by atoms with E-state index in [9.17, 15) is 14.7 Å². The molecular weight excluding hydrogens is 534 g/mol. The zero-order valence-corrected chi connectivity index (χ0v) is 24.3. The first-order chi connectivity index (χ1) is 20.2. The van der Waals surface area contributed by atoms with Gasteiger partial charge in [0.1, 0.15) is 5.56 Å². The number of fused-ring (bicyclic) bond motifs is 2. The molecule has 0 spiro atoms. The van der Waals surface area contributed by atoms with Crippen molar-refractivity contribution in [3.05, 3.63) is 41.1 Å². The highest BCUT2D eigenvalue weighted by atomic mass is 16.5. The number of anilines is 2. The fraction of sp³-hybridized carbons (Fsp3) is 0.548. The third-order valence-corrected chi connectivity index (χ3v) is 9.60.